The highest BCUT2D eigenvalue weighted by atomic mass is 15.3. The Morgan fingerprint density at radius 1 is 1.32 bits per heavy atom. The van der Waals surface area contributed by atoms with Crippen molar-refractivity contribution in [1.82, 2.24) is 20.1 Å². The van der Waals surface area contributed by atoms with Crippen molar-refractivity contribution >= 4 is 5.96 Å². The first-order chi connectivity index (χ1) is 10.7. The molecule has 124 valence electrons. The molecule has 1 aliphatic heterocycles. The first-order valence-electron chi connectivity index (χ1n) is 8.61. The van der Waals surface area contributed by atoms with Gasteiger partial charge >= 0.3 is 0 Å². The number of nitrogens with one attached hydrogen (secondary N) is 1. The third-order valence-corrected chi connectivity index (χ3v) is 4.05. The van der Waals surface area contributed by atoms with E-state index in [4.69, 9.17) is 5.73 Å². The van der Waals surface area contributed by atoms with E-state index in [2.05, 4.69) is 38.9 Å². The molecule has 22 heavy (non-hydrogen) atoms. The van der Waals surface area contributed by atoms with Gasteiger partial charge in [0.2, 0.25) is 0 Å². The van der Waals surface area contributed by atoms with Crippen molar-refractivity contribution in [2.24, 2.45) is 16.6 Å². The number of nitrogens with two attached hydrogens (primary N) is 1. The Morgan fingerprint density at radius 2 is 2.18 bits per heavy atom. The number of rotatable bonds is 7. The van der Waals surface area contributed by atoms with Gasteiger partial charge in [0.15, 0.2) is 5.96 Å². The smallest absolute Gasteiger partial charge is 0.188 e. The molecule has 3 N–H and O–H groups in total. The molecule has 0 fully saturated rings. The zero-order chi connectivity index (χ0) is 15.8. The summed E-state index contributed by atoms with van der Waals surface area (Å²) in [6.07, 6.45) is 7.84. The molecule has 0 saturated carbocycles. The quantitative estimate of drug-likeness (QED) is 0.458. The molecule has 0 radical (unpaired) electrons. The Kier molecular flexibility index (Phi) is 6.68. The van der Waals surface area contributed by atoms with Gasteiger partial charge in [0.25, 0.3) is 0 Å². The van der Waals surface area contributed by atoms with E-state index in [0.717, 1.165) is 57.0 Å². The Hall–Kier alpha value is -1.59. The van der Waals surface area contributed by atoms with Crippen LogP contribution < -0.4 is 11.1 Å². The van der Waals surface area contributed by atoms with Gasteiger partial charge in [-0.05, 0) is 31.6 Å². The van der Waals surface area contributed by atoms with Gasteiger partial charge in [0.05, 0.1) is 0 Å². The fourth-order valence-corrected chi connectivity index (χ4v) is 2.71. The average Bonchev–Trinajstić information content (AvgIpc) is 2.70. The molecule has 1 aromatic heterocycles. The lowest BCUT2D eigenvalue weighted by atomic mass is 10.1. The zero-order valence-electron chi connectivity index (χ0n) is 14.0. The molecule has 0 aliphatic carbocycles. The van der Waals surface area contributed by atoms with E-state index < -0.39 is 0 Å². The largest absolute Gasteiger partial charge is 0.370 e. The molecule has 6 heteroatoms. The minimum Gasteiger partial charge on any atom is -0.370 e. The molecule has 0 saturated heterocycles. The highest BCUT2D eigenvalue weighted by Crippen LogP contribution is 2.15. The number of guanidine groups is 1. The van der Waals surface area contributed by atoms with Crippen molar-refractivity contribution in [3.63, 3.8) is 0 Å². The van der Waals surface area contributed by atoms with Gasteiger partial charge < -0.3 is 15.6 Å². The van der Waals surface area contributed by atoms with Crippen LogP contribution in [0.2, 0.25) is 0 Å². The normalized spacial score (nSPS) is 15.7. The Balaban J connectivity index is 1.71. The highest BCUT2D eigenvalue weighted by molar-refractivity contribution is 5.77. The van der Waals surface area contributed by atoms with Gasteiger partial charge in [-0.25, -0.2) is 0 Å². The zero-order valence-corrected chi connectivity index (χ0v) is 14.0. The number of hydrogen-bond donors (Lipinski definition) is 2. The third-order valence-electron chi connectivity index (χ3n) is 4.05. The van der Waals surface area contributed by atoms with E-state index in [0.29, 0.717) is 11.9 Å². The molecular formula is C16H30N6. The van der Waals surface area contributed by atoms with Crippen LogP contribution in [0.5, 0.6) is 0 Å². The monoisotopic (exact) mass is 306 g/mol. The van der Waals surface area contributed by atoms with Gasteiger partial charge in [0.1, 0.15) is 11.6 Å². The van der Waals surface area contributed by atoms with Gasteiger partial charge in [0, 0.05) is 32.5 Å². The molecule has 6 nitrogen and oxygen atoms in total. The average molecular weight is 306 g/mol. The van der Waals surface area contributed by atoms with E-state index >= 15 is 0 Å². The van der Waals surface area contributed by atoms with E-state index in [1.807, 2.05) is 0 Å². The molecule has 0 amide bonds. The van der Waals surface area contributed by atoms with E-state index in [-0.39, 0.29) is 0 Å². The maximum Gasteiger partial charge on any atom is 0.188 e. The maximum atomic E-state index is 5.86. The Labute approximate surface area is 133 Å². The standard InChI is InChI=1S/C16H30N6/c1-13(2)9-11-19-16(17)18-10-6-8-15-21-20-14-7-4-3-5-12-22(14)15/h13H,3-12H2,1-2H3,(H3,17,18,19). The molecule has 0 spiro atoms. The summed E-state index contributed by atoms with van der Waals surface area (Å²) < 4.78 is 2.31. The fraction of sp³-hybridized carbons (Fsp3) is 0.812. The van der Waals surface area contributed by atoms with Crippen LogP contribution in [0.25, 0.3) is 0 Å². The minimum atomic E-state index is 0.556. The van der Waals surface area contributed by atoms with Crippen LogP contribution in [0, 0.1) is 5.92 Å². The van der Waals surface area contributed by atoms with E-state index in [1.54, 1.807) is 0 Å². The summed E-state index contributed by atoms with van der Waals surface area (Å²) in [5.41, 5.74) is 5.86. The summed E-state index contributed by atoms with van der Waals surface area (Å²) in [5, 5.41) is 11.8. The molecule has 2 rings (SSSR count). The molecule has 0 atom stereocenters. The number of aromatic nitrogens is 3. The summed E-state index contributed by atoms with van der Waals surface area (Å²) >= 11 is 0. The summed E-state index contributed by atoms with van der Waals surface area (Å²) in [6.45, 7) is 7.11. The Bertz CT molecular complexity index is 477. The van der Waals surface area contributed by atoms with Crippen molar-refractivity contribution in [2.45, 2.75) is 65.3 Å². The molecule has 0 unspecified atom stereocenters. The second kappa shape index (κ2) is 8.76. The topological polar surface area (TPSA) is 81.1 Å². The number of aliphatic imine (C=N–C) groups is 1. The van der Waals surface area contributed by atoms with Gasteiger partial charge in [-0.2, -0.15) is 0 Å². The second-order valence-electron chi connectivity index (χ2n) is 6.47. The minimum absolute atomic E-state index is 0.556. The van der Waals surface area contributed by atoms with Crippen LogP contribution >= 0.6 is 0 Å². The third kappa shape index (κ3) is 5.31. The summed E-state index contributed by atoms with van der Waals surface area (Å²) in [6, 6.07) is 0. The van der Waals surface area contributed by atoms with Crippen LogP contribution in [-0.2, 0) is 19.4 Å². The number of aryl methyl sites for hydroxylation is 2. The lowest BCUT2D eigenvalue weighted by molar-refractivity contribution is 0.576. The number of fused-ring (bicyclic) bond motifs is 1. The van der Waals surface area contributed by atoms with Crippen LogP contribution in [0.3, 0.4) is 0 Å². The predicted molar refractivity (Wildman–Crippen MR) is 89.8 cm³/mol. The van der Waals surface area contributed by atoms with Gasteiger partial charge in [-0.1, -0.05) is 20.3 Å². The van der Waals surface area contributed by atoms with E-state index in [9.17, 15) is 0 Å². The van der Waals surface area contributed by atoms with Crippen LogP contribution in [0.4, 0.5) is 0 Å². The molecular weight excluding hydrogens is 276 g/mol. The summed E-state index contributed by atoms with van der Waals surface area (Å²) in [5.74, 6) is 3.51. The van der Waals surface area contributed by atoms with Crippen LogP contribution in [-0.4, -0.2) is 33.8 Å². The van der Waals surface area contributed by atoms with Crippen LogP contribution in [0.15, 0.2) is 4.99 Å². The number of nitrogens with zero attached hydrogens (tertiary/aromatic N) is 4. The summed E-state index contributed by atoms with van der Waals surface area (Å²) in [4.78, 5) is 4.38. The SMILES string of the molecule is CC(C)CCNC(N)=NCCCc1nnc2n1CCCCC2. The molecule has 0 bridgehead atoms. The first-order valence-corrected chi connectivity index (χ1v) is 8.61. The molecule has 1 aliphatic rings. The number of hydrogen-bond acceptors (Lipinski definition) is 3. The van der Waals surface area contributed by atoms with Gasteiger partial charge in [-0.15, -0.1) is 10.2 Å². The van der Waals surface area contributed by atoms with Gasteiger partial charge in [-0.3, -0.25) is 4.99 Å². The lowest BCUT2D eigenvalue weighted by Crippen LogP contribution is -2.33. The van der Waals surface area contributed by atoms with Crippen molar-refractivity contribution in [1.29, 1.82) is 0 Å². The highest BCUT2D eigenvalue weighted by Gasteiger charge is 2.13. The van der Waals surface area contributed by atoms with Crippen molar-refractivity contribution < 1.29 is 0 Å². The van der Waals surface area contributed by atoms with E-state index in [1.165, 1.54) is 19.3 Å². The Morgan fingerprint density at radius 3 is 3.00 bits per heavy atom. The fourth-order valence-electron chi connectivity index (χ4n) is 2.71. The maximum absolute atomic E-state index is 5.86. The molecule has 2 heterocycles. The molecule has 1 aromatic rings. The van der Waals surface area contributed by atoms with Crippen molar-refractivity contribution in [3.8, 4) is 0 Å². The summed E-state index contributed by atoms with van der Waals surface area (Å²) in [7, 11) is 0. The van der Waals surface area contributed by atoms with Crippen LogP contribution in [0.1, 0.15) is 57.6 Å². The predicted octanol–water partition coefficient (Wildman–Crippen LogP) is 1.89. The lowest BCUT2D eigenvalue weighted by Gasteiger charge is -2.08. The first kappa shape index (κ1) is 16.8. The second-order valence-corrected chi connectivity index (χ2v) is 6.47. The van der Waals surface area contributed by atoms with Crippen molar-refractivity contribution in [2.75, 3.05) is 13.1 Å². The molecule has 0 aromatic carbocycles. The van der Waals surface area contributed by atoms with Crippen molar-refractivity contribution in [3.05, 3.63) is 11.6 Å².